The van der Waals surface area contributed by atoms with Crippen molar-refractivity contribution in [3.8, 4) is 0 Å². The van der Waals surface area contributed by atoms with E-state index in [9.17, 15) is 18.0 Å². The molecule has 0 atom stereocenters. The van der Waals surface area contributed by atoms with E-state index in [4.69, 9.17) is 0 Å². The average Bonchev–Trinajstić information content (AvgIpc) is 3.08. The summed E-state index contributed by atoms with van der Waals surface area (Å²) in [6.45, 7) is 6.14. The summed E-state index contributed by atoms with van der Waals surface area (Å²) >= 11 is 0. The Bertz CT molecular complexity index is 998. The fourth-order valence-corrected chi connectivity index (χ4v) is 3.03. The predicted molar refractivity (Wildman–Crippen MR) is 96.5 cm³/mol. The summed E-state index contributed by atoms with van der Waals surface area (Å²) in [5.74, 6) is -1.50. The molecule has 0 saturated heterocycles. The number of fused-ring (bicyclic) bond motifs is 1. The largest absolute Gasteiger partial charge is 0.453 e. The summed E-state index contributed by atoms with van der Waals surface area (Å²) in [5, 5.41) is 3.52. The van der Waals surface area contributed by atoms with Gasteiger partial charge in [-0.2, -0.15) is 18.2 Å². The monoisotopic (exact) mass is 391 g/mol. The van der Waals surface area contributed by atoms with Crippen molar-refractivity contribution >= 4 is 11.7 Å². The standard InChI is InChI=1S/C19H20F3N5O/c1-4-26(11-14-8-6-5-7-9-14)16(28)10-15-12(2)23-18-24-17(19(20,21)22)25-27(18)13(15)3/h5-9H,4,10-11H2,1-3H3. The molecular weight excluding hydrogens is 371 g/mol. The normalized spacial score (nSPS) is 11.8. The average molecular weight is 391 g/mol. The molecule has 0 aliphatic carbocycles. The number of aromatic nitrogens is 4. The van der Waals surface area contributed by atoms with E-state index in [0.29, 0.717) is 30.0 Å². The van der Waals surface area contributed by atoms with E-state index >= 15 is 0 Å². The van der Waals surface area contributed by atoms with Gasteiger partial charge >= 0.3 is 6.18 Å². The van der Waals surface area contributed by atoms with Gasteiger partial charge in [0.05, 0.1) is 6.42 Å². The van der Waals surface area contributed by atoms with E-state index in [1.165, 1.54) is 0 Å². The number of aryl methyl sites for hydroxylation is 2. The number of halogens is 3. The number of hydrogen-bond acceptors (Lipinski definition) is 4. The van der Waals surface area contributed by atoms with Crippen molar-refractivity contribution in [1.29, 1.82) is 0 Å². The van der Waals surface area contributed by atoms with Crippen LogP contribution in [-0.4, -0.2) is 36.9 Å². The highest BCUT2D eigenvalue weighted by atomic mass is 19.4. The summed E-state index contributed by atoms with van der Waals surface area (Å²) < 4.78 is 39.7. The minimum atomic E-state index is -4.65. The first kappa shape index (κ1) is 19.8. The topological polar surface area (TPSA) is 63.4 Å². The fraction of sp³-hybridized carbons (Fsp3) is 0.368. The summed E-state index contributed by atoms with van der Waals surface area (Å²) in [7, 11) is 0. The molecule has 6 nitrogen and oxygen atoms in total. The number of rotatable bonds is 5. The molecule has 2 heterocycles. The maximum Gasteiger partial charge on any atom is 0.453 e. The zero-order valence-electron chi connectivity index (χ0n) is 15.8. The van der Waals surface area contributed by atoms with Gasteiger partial charge in [0.25, 0.3) is 11.6 Å². The van der Waals surface area contributed by atoms with E-state index in [1.807, 2.05) is 37.3 Å². The molecule has 1 amide bonds. The van der Waals surface area contributed by atoms with Crippen molar-refractivity contribution in [3.05, 3.63) is 58.7 Å². The van der Waals surface area contributed by atoms with Crippen LogP contribution in [-0.2, 0) is 23.9 Å². The third kappa shape index (κ3) is 3.97. The molecule has 148 valence electrons. The van der Waals surface area contributed by atoms with Crippen molar-refractivity contribution in [2.75, 3.05) is 6.54 Å². The highest BCUT2D eigenvalue weighted by Crippen LogP contribution is 2.27. The van der Waals surface area contributed by atoms with Crippen LogP contribution in [0, 0.1) is 13.8 Å². The molecule has 0 radical (unpaired) electrons. The first-order valence-electron chi connectivity index (χ1n) is 8.82. The maximum atomic E-state index is 12.9. The molecule has 0 fully saturated rings. The van der Waals surface area contributed by atoms with E-state index in [1.54, 1.807) is 18.7 Å². The first-order valence-corrected chi connectivity index (χ1v) is 8.82. The molecule has 0 saturated carbocycles. The van der Waals surface area contributed by atoms with Gasteiger partial charge < -0.3 is 4.90 Å². The predicted octanol–water partition coefficient (Wildman–Crippen LogP) is 3.35. The number of alkyl halides is 3. The number of amides is 1. The smallest absolute Gasteiger partial charge is 0.338 e. The second-order valence-electron chi connectivity index (χ2n) is 6.48. The lowest BCUT2D eigenvalue weighted by Crippen LogP contribution is -2.32. The van der Waals surface area contributed by atoms with Gasteiger partial charge in [-0.1, -0.05) is 30.3 Å². The molecule has 0 aliphatic heterocycles. The maximum absolute atomic E-state index is 12.9. The van der Waals surface area contributed by atoms with Crippen LogP contribution in [0.2, 0.25) is 0 Å². The molecule has 0 N–H and O–H groups in total. The second kappa shape index (κ2) is 7.57. The quantitative estimate of drug-likeness (QED) is 0.669. The number of carbonyl (C=O) groups is 1. The Labute approximate surface area is 160 Å². The third-order valence-electron chi connectivity index (χ3n) is 4.58. The third-order valence-corrected chi connectivity index (χ3v) is 4.58. The zero-order chi connectivity index (χ0) is 20.5. The van der Waals surface area contributed by atoms with E-state index < -0.39 is 12.0 Å². The zero-order valence-corrected chi connectivity index (χ0v) is 15.8. The van der Waals surface area contributed by atoms with Crippen molar-refractivity contribution in [3.63, 3.8) is 0 Å². The molecule has 0 unspecified atom stereocenters. The fourth-order valence-electron chi connectivity index (χ4n) is 3.03. The Balaban J connectivity index is 1.89. The van der Waals surface area contributed by atoms with Crippen LogP contribution in [0.25, 0.3) is 5.78 Å². The van der Waals surface area contributed by atoms with Crippen LogP contribution in [0.1, 0.15) is 35.3 Å². The lowest BCUT2D eigenvalue weighted by molar-refractivity contribution is -0.144. The minimum Gasteiger partial charge on any atom is -0.338 e. The Morgan fingerprint density at radius 3 is 2.43 bits per heavy atom. The first-order chi connectivity index (χ1) is 13.2. The molecular formula is C19H20F3N5O. The number of carbonyl (C=O) groups excluding carboxylic acids is 1. The van der Waals surface area contributed by atoms with E-state index in [2.05, 4.69) is 15.1 Å². The lowest BCUT2D eigenvalue weighted by atomic mass is 10.1. The Morgan fingerprint density at radius 1 is 1.14 bits per heavy atom. The SMILES string of the molecule is CCN(Cc1ccccc1)C(=O)Cc1c(C)nc2nc(C(F)(F)F)nn2c1C. The number of benzene rings is 1. The molecule has 1 aromatic carbocycles. The van der Waals surface area contributed by atoms with Gasteiger partial charge in [0.15, 0.2) is 0 Å². The lowest BCUT2D eigenvalue weighted by Gasteiger charge is -2.22. The Morgan fingerprint density at radius 2 is 1.82 bits per heavy atom. The van der Waals surface area contributed by atoms with Gasteiger partial charge in [-0.3, -0.25) is 4.79 Å². The molecule has 2 aromatic heterocycles. The number of nitrogens with zero attached hydrogens (tertiary/aromatic N) is 5. The van der Waals surface area contributed by atoms with Crippen molar-refractivity contribution in [1.82, 2.24) is 24.5 Å². The van der Waals surface area contributed by atoms with Crippen molar-refractivity contribution in [2.24, 2.45) is 0 Å². The minimum absolute atomic E-state index is 0.0302. The summed E-state index contributed by atoms with van der Waals surface area (Å²) in [6, 6.07) is 9.59. The van der Waals surface area contributed by atoms with Gasteiger partial charge in [0.1, 0.15) is 0 Å². The number of likely N-dealkylation sites (N-methyl/N-ethyl adjacent to an activating group) is 1. The molecule has 0 bridgehead atoms. The second-order valence-corrected chi connectivity index (χ2v) is 6.48. The van der Waals surface area contributed by atoms with Crippen LogP contribution >= 0.6 is 0 Å². The van der Waals surface area contributed by atoms with Crippen LogP contribution in [0.15, 0.2) is 30.3 Å². The molecule has 3 aromatic rings. The van der Waals surface area contributed by atoms with Gasteiger partial charge in [0, 0.05) is 30.0 Å². The highest BCUT2D eigenvalue weighted by Gasteiger charge is 2.37. The Hall–Kier alpha value is -2.97. The molecule has 9 heteroatoms. The summed E-state index contributed by atoms with van der Waals surface area (Å²) in [5.41, 5.74) is 2.46. The molecule has 0 spiro atoms. The molecule has 3 rings (SSSR count). The van der Waals surface area contributed by atoms with Crippen LogP contribution in [0.5, 0.6) is 0 Å². The van der Waals surface area contributed by atoms with Crippen molar-refractivity contribution in [2.45, 2.75) is 39.9 Å². The van der Waals surface area contributed by atoms with E-state index in [-0.39, 0.29) is 18.1 Å². The van der Waals surface area contributed by atoms with Gasteiger partial charge in [0.2, 0.25) is 5.91 Å². The highest BCUT2D eigenvalue weighted by molar-refractivity contribution is 5.79. The van der Waals surface area contributed by atoms with Gasteiger partial charge in [-0.15, -0.1) is 5.10 Å². The summed E-state index contributed by atoms with van der Waals surface area (Å²) in [4.78, 5) is 22.1. The van der Waals surface area contributed by atoms with Crippen molar-refractivity contribution < 1.29 is 18.0 Å². The molecule has 0 aliphatic rings. The summed E-state index contributed by atoms with van der Waals surface area (Å²) in [6.07, 6.45) is -4.62. The van der Waals surface area contributed by atoms with Gasteiger partial charge in [-0.05, 0) is 26.3 Å². The Kier molecular flexibility index (Phi) is 5.35. The number of hydrogen-bond donors (Lipinski definition) is 0. The van der Waals surface area contributed by atoms with E-state index in [0.717, 1.165) is 10.1 Å². The van der Waals surface area contributed by atoms with Crippen LogP contribution in [0.4, 0.5) is 13.2 Å². The van der Waals surface area contributed by atoms with Crippen LogP contribution in [0.3, 0.4) is 0 Å². The molecule has 28 heavy (non-hydrogen) atoms. The van der Waals surface area contributed by atoms with Crippen LogP contribution < -0.4 is 0 Å². The van der Waals surface area contributed by atoms with Gasteiger partial charge in [-0.25, -0.2) is 9.50 Å².